The highest BCUT2D eigenvalue weighted by Gasteiger charge is 2.37. The monoisotopic (exact) mass is 408 g/mol. The van der Waals surface area contributed by atoms with Crippen LogP contribution in [0.3, 0.4) is 0 Å². The molecule has 4 rings (SSSR count). The number of anilines is 1. The van der Waals surface area contributed by atoms with Gasteiger partial charge in [-0.05, 0) is 31.2 Å². The van der Waals surface area contributed by atoms with Gasteiger partial charge in [0.1, 0.15) is 5.69 Å². The molecule has 2 fully saturated rings. The number of aromatic amines is 1. The molecule has 3 heterocycles. The first-order valence-electron chi connectivity index (χ1n) is 10.5. The van der Waals surface area contributed by atoms with Crippen LogP contribution in [0.25, 0.3) is 11.3 Å². The first-order valence-corrected chi connectivity index (χ1v) is 10.5. The standard InChI is InChI=1S/C22H28N6O2/c1-2-17-10-24-11-19(26-17)16-8-20(22(30)25-9-16)28(12-15-5-6-15)18-13-27(14-18)21(29)4-3-7-23/h3-4,8-11,15,18H,2,5-7,12-14,23H2,1H3,(H,25,30)/b4-3+. The minimum Gasteiger partial charge on any atom is -0.360 e. The van der Waals surface area contributed by atoms with Crippen molar-refractivity contribution in [3.8, 4) is 11.3 Å². The molecule has 0 bridgehead atoms. The van der Waals surface area contributed by atoms with Crippen LogP contribution in [0.1, 0.15) is 25.5 Å². The van der Waals surface area contributed by atoms with E-state index in [1.807, 2.05) is 13.0 Å². The van der Waals surface area contributed by atoms with Crippen molar-refractivity contribution >= 4 is 11.6 Å². The van der Waals surface area contributed by atoms with E-state index in [9.17, 15) is 9.59 Å². The molecule has 1 saturated carbocycles. The number of H-pyrrole nitrogens is 1. The minimum absolute atomic E-state index is 0.0302. The van der Waals surface area contributed by atoms with Crippen LogP contribution < -0.4 is 16.2 Å². The molecular weight excluding hydrogens is 380 g/mol. The Balaban J connectivity index is 1.58. The molecule has 30 heavy (non-hydrogen) atoms. The second-order valence-corrected chi connectivity index (χ2v) is 7.98. The van der Waals surface area contributed by atoms with Crippen molar-refractivity contribution in [3.63, 3.8) is 0 Å². The van der Waals surface area contributed by atoms with E-state index in [4.69, 9.17) is 5.73 Å². The Morgan fingerprint density at radius 3 is 2.87 bits per heavy atom. The van der Waals surface area contributed by atoms with Gasteiger partial charge in [-0.1, -0.05) is 13.0 Å². The minimum atomic E-state index is -0.119. The first kappa shape index (κ1) is 20.3. The molecule has 1 aliphatic carbocycles. The van der Waals surface area contributed by atoms with Gasteiger partial charge in [0.2, 0.25) is 5.91 Å². The van der Waals surface area contributed by atoms with Gasteiger partial charge in [-0.15, -0.1) is 0 Å². The van der Waals surface area contributed by atoms with E-state index in [1.165, 1.54) is 18.9 Å². The number of amides is 1. The SMILES string of the molecule is CCc1cncc(-c2c[nH]c(=O)c(N(CC3CC3)C3CN(C(=O)/C=C/CN)C3)c2)n1. The third-order valence-corrected chi connectivity index (χ3v) is 5.70. The number of aryl methyl sites for hydroxylation is 1. The van der Waals surface area contributed by atoms with Gasteiger partial charge in [0.15, 0.2) is 0 Å². The molecule has 8 nitrogen and oxygen atoms in total. The number of carbonyl (C=O) groups is 1. The highest BCUT2D eigenvalue weighted by atomic mass is 16.2. The number of nitrogens with zero attached hydrogens (tertiary/aromatic N) is 4. The van der Waals surface area contributed by atoms with E-state index in [0.29, 0.717) is 31.2 Å². The average Bonchev–Trinajstić information content (AvgIpc) is 3.55. The molecule has 0 unspecified atom stereocenters. The van der Waals surface area contributed by atoms with E-state index in [1.54, 1.807) is 29.6 Å². The number of nitrogens with one attached hydrogen (secondary N) is 1. The highest BCUT2D eigenvalue weighted by molar-refractivity contribution is 5.88. The Morgan fingerprint density at radius 2 is 2.17 bits per heavy atom. The summed E-state index contributed by atoms with van der Waals surface area (Å²) in [4.78, 5) is 40.6. The second-order valence-electron chi connectivity index (χ2n) is 7.98. The molecule has 0 radical (unpaired) electrons. The fraction of sp³-hybridized carbons (Fsp3) is 0.455. The zero-order chi connectivity index (χ0) is 21.1. The van der Waals surface area contributed by atoms with Crippen LogP contribution in [0.2, 0.25) is 0 Å². The third-order valence-electron chi connectivity index (χ3n) is 5.70. The molecule has 1 amide bonds. The predicted molar refractivity (Wildman–Crippen MR) is 116 cm³/mol. The quantitative estimate of drug-likeness (QED) is 0.638. The van der Waals surface area contributed by atoms with Gasteiger partial charge in [-0.3, -0.25) is 14.6 Å². The molecule has 0 atom stereocenters. The Morgan fingerprint density at radius 1 is 1.37 bits per heavy atom. The molecule has 2 aromatic heterocycles. The number of aromatic nitrogens is 3. The molecule has 158 valence electrons. The van der Waals surface area contributed by atoms with E-state index in [-0.39, 0.29) is 17.5 Å². The summed E-state index contributed by atoms with van der Waals surface area (Å²) in [6.45, 7) is 4.43. The van der Waals surface area contributed by atoms with Crippen LogP contribution in [-0.4, -0.2) is 58.0 Å². The third kappa shape index (κ3) is 4.43. The number of carbonyl (C=O) groups excluding carboxylic acids is 1. The fourth-order valence-corrected chi connectivity index (χ4v) is 3.68. The Bertz CT molecular complexity index is 991. The van der Waals surface area contributed by atoms with Crippen LogP contribution in [-0.2, 0) is 11.2 Å². The predicted octanol–water partition coefficient (Wildman–Crippen LogP) is 1.34. The average molecular weight is 409 g/mol. The van der Waals surface area contributed by atoms with Gasteiger partial charge in [-0.25, -0.2) is 4.98 Å². The topological polar surface area (TPSA) is 108 Å². The molecule has 1 aliphatic heterocycles. The van der Waals surface area contributed by atoms with E-state index >= 15 is 0 Å². The van der Waals surface area contributed by atoms with Gasteiger partial charge >= 0.3 is 0 Å². The van der Waals surface area contributed by atoms with Gasteiger partial charge in [0.05, 0.1) is 23.6 Å². The molecular formula is C22H28N6O2. The Labute approximate surface area is 175 Å². The highest BCUT2D eigenvalue weighted by Crippen LogP contribution is 2.33. The number of hydrogen-bond acceptors (Lipinski definition) is 6. The van der Waals surface area contributed by atoms with Gasteiger partial charge < -0.3 is 20.5 Å². The number of hydrogen-bond donors (Lipinski definition) is 2. The summed E-state index contributed by atoms with van der Waals surface area (Å²) in [5, 5.41) is 0. The van der Waals surface area contributed by atoms with Crippen LogP contribution in [0, 0.1) is 5.92 Å². The number of pyridine rings is 1. The lowest BCUT2D eigenvalue weighted by Crippen LogP contribution is -2.62. The lowest BCUT2D eigenvalue weighted by Gasteiger charge is -2.46. The molecule has 8 heteroatoms. The molecule has 1 saturated heterocycles. The summed E-state index contributed by atoms with van der Waals surface area (Å²) >= 11 is 0. The maximum Gasteiger partial charge on any atom is 0.271 e. The van der Waals surface area contributed by atoms with E-state index in [0.717, 1.165) is 29.9 Å². The van der Waals surface area contributed by atoms with Crippen molar-refractivity contribution < 1.29 is 4.79 Å². The fourth-order valence-electron chi connectivity index (χ4n) is 3.68. The van der Waals surface area contributed by atoms with Crippen molar-refractivity contribution in [2.45, 2.75) is 32.2 Å². The van der Waals surface area contributed by atoms with Crippen LogP contribution in [0.15, 0.2) is 41.6 Å². The second kappa shape index (κ2) is 8.79. The Kier molecular flexibility index (Phi) is 5.94. The van der Waals surface area contributed by atoms with Crippen LogP contribution in [0.4, 0.5) is 5.69 Å². The summed E-state index contributed by atoms with van der Waals surface area (Å²) < 4.78 is 0. The number of rotatable bonds is 8. The summed E-state index contributed by atoms with van der Waals surface area (Å²) in [5.41, 5.74) is 8.45. The van der Waals surface area contributed by atoms with Crippen molar-refractivity contribution in [2.75, 3.05) is 31.1 Å². The summed E-state index contributed by atoms with van der Waals surface area (Å²) in [7, 11) is 0. The van der Waals surface area contributed by atoms with Gasteiger partial charge in [-0.2, -0.15) is 0 Å². The summed E-state index contributed by atoms with van der Waals surface area (Å²) in [6.07, 6.45) is 11.5. The zero-order valence-corrected chi connectivity index (χ0v) is 17.3. The Hall–Kier alpha value is -3.00. The van der Waals surface area contributed by atoms with Crippen LogP contribution in [0.5, 0.6) is 0 Å². The largest absolute Gasteiger partial charge is 0.360 e. The smallest absolute Gasteiger partial charge is 0.271 e. The first-order chi connectivity index (χ1) is 14.6. The van der Waals surface area contributed by atoms with E-state index in [2.05, 4.69) is 19.9 Å². The molecule has 2 aromatic rings. The maximum atomic E-state index is 12.7. The zero-order valence-electron chi connectivity index (χ0n) is 17.3. The van der Waals surface area contributed by atoms with Crippen molar-refractivity contribution in [3.05, 3.63) is 52.9 Å². The lowest BCUT2D eigenvalue weighted by molar-refractivity contribution is -0.130. The molecule has 2 aliphatic rings. The summed E-state index contributed by atoms with van der Waals surface area (Å²) in [5.74, 6) is 0.579. The van der Waals surface area contributed by atoms with Gasteiger partial charge in [0, 0.05) is 50.2 Å². The number of nitrogens with two attached hydrogens (primary N) is 1. The van der Waals surface area contributed by atoms with E-state index < -0.39 is 0 Å². The molecule has 0 aromatic carbocycles. The summed E-state index contributed by atoms with van der Waals surface area (Å²) in [6, 6.07) is 2.04. The number of likely N-dealkylation sites (tertiary alicyclic amines) is 1. The van der Waals surface area contributed by atoms with Crippen molar-refractivity contribution in [2.24, 2.45) is 11.7 Å². The van der Waals surface area contributed by atoms with Crippen molar-refractivity contribution in [1.82, 2.24) is 19.9 Å². The molecule has 0 spiro atoms. The van der Waals surface area contributed by atoms with Gasteiger partial charge in [0.25, 0.3) is 5.56 Å². The lowest BCUT2D eigenvalue weighted by atomic mass is 10.0. The maximum absolute atomic E-state index is 12.7. The normalized spacial score (nSPS) is 16.7. The van der Waals surface area contributed by atoms with Crippen LogP contribution >= 0.6 is 0 Å². The molecule has 3 N–H and O–H groups in total. The van der Waals surface area contributed by atoms with Crippen molar-refractivity contribution in [1.29, 1.82) is 0 Å².